The van der Waals surface area contributed by atoms with Gasteiger partial charge in [0.05, 0.1) is 19.1 Å². The van der Waals surface area contributed by atoms with Gasteiger partial charge in [0.1, 0.15) is 7.85 Å². The Bertz CT molecular complexity index is 560. The molecule has 3 rings (SSSR count). The van der Waals surface area contributed by atoms with Crippen molar-refractivity contribution in [3.63, 3.8) is 0 Å². The zero-order valence-electron chi connectivity index (χ0n) is 12.8. The van der Waals surface area contributed by atoms with Crippen LogP contribution in [0.4, 0.5) is 0 Å². The summed E-state index contributed by atoms with van der Waals surface area (Å²) in [6, 6.07) is 8.62. The van der Waals surface area contributed by atoms with Crippen LogP contribution in [-0.2, 0) is 11.4 Å². The van der Waals surface area contributed by atoms with E-state index in [2.05, 4.69) is 41.2 Å². The van der Waals surface area contributed by atoms with Gasteiger partial charge in [-0.3, -0.25) is 4.90 Å². The highest BCUT2D eigenvalue weighted by Gasteiger charge is 2.51. The van der Waals surface area contributed by atoms with Gasteiger partial charge < -0.3 is 4.84 Å². The summed E-state index contributed by atoms with van der Waals surface area (Å²) in [7, 11) is 12.9. The minimum atomic E-state index is -0.862. The highest BCUT2D eigenvalue weighted by atomic mass is 16.7. The lowest BCUT2D eigenvalue weighted by Crippen LogP contribution is -2.46. The Morgan fingerprint density at radius 1 is 1.24 bits per heavy atom. The van der Waals surface area contributed by atoms with Gasteiger partial charge in [-0.1, -0.05) is 35.0 Å². The molecule has 1 fully saturated rings. The minimum Gasteiger partial charge on any atom is -0.400 e. The molecule has 1 saturated heterocycles. The summed E-state index contributed by atoms with van der Waals surface area (Å²) in [5.41, 5.74) is 2.63. The fraction of sp³-hybridized carbons (Fsp3) is 0.562. The van der Waals surface area contributed by atoms with Gasteiger partial charge in [-0.25, -0.2) is 0 Å². The third kappa shape index (κ3) is 2.76. The Labute approximate surface area is 129 Å². The molecule has 2 atom stereocenters. The van der Waals surface area contributed by atoms with Crippen LogP contribution in [0.15, 0.2) is 29.4 Å². The molecule has 0 amide bonds. The third-order valence-corrected chi connectivity index (χ3v) is 4.63. The van der Waals surface area contributed by atoms with Crippen molar-refractivity contribution in [2.75, 3.05) is 13.1 Å². The van der Waals surface area contributed by atoms with Crippen LogP contribution in [0.2, 0.25) is 5.31 Å². The Morgan fingerprint density at radius 3 is 2.57 bits per heavy atom. The molecule has 0 spiro atoms. The van der Waals surface area contributed by atoms with Crippen molar-refractivity contribution in [2.45, 2.75) is 44.0 Å². The number of rotatable bonds is 3. The standard InChI is InChI=1S/C16H20B2N2O/c1-12-3-5-14(6-4-12)10-20-8-7-15(17,11-20)16(18)9-13(2)19-21-16/h3-6H,7-11H2,1-2H3/t15-,16+/m0/s1. The second-order valence-corrected chi connectivity index (χ2v) is 6.59. The van der Waals surface area contributed by atoms with Crippen LogP contribution in [0.3, 0.4) is 0 Å². The van der Waals surface area contributed by atoms with E-state index >= 15 is 0 Å². The van der Waals surface area contributed by atoms with Gasteiger partial charge in [-0.2, -0.15) is 0 Å². The van der Waals surface area contributed by atoms with Crippen molar-refractivity contribution in [3.8, 4) is 0 Å². The second-order valence-electron chi connectivity index (χ2n) is 6.59. The lowest BCUT2D eigenvalue weighted by molar-refractivity contribution is 0.0136. The maximum Gasteiger partial charge on any atom is 0.135 e. The summed E-state index contributed by atoms with van der Waals surface area (Å²) in [5.74, 6) is 0. The lowest BCUT2D eigenvalue weighted by Gasteiger charge is -2.40. The van der Waals surface area contributed by atoms with Crippen LogP contribution in [-0.4, -0.2) is 44.9 Å². The number of hydrogen-bond acceptors (Lipinski definition) is 3. The Kier molecular flexibility index (Phi) is 3.64. The van der Waals surface area contributed by atoms with Gasteiger partial charge in [-0.05, 0) is 44.2 Å². The molecule has 0 N–H and O–H groups in total. The molecule has 0 aromatic heterocycles. The van der Waals surface area contributed by atoms with E-state index in [1.54, 1.807) is 0 Å². The summed E-state index contributed by atoms with van der Waals surface area (Å²) in [5, 5.41) is 3.45. The topological polar surface area (TPSA) is 24.8 Å². The van der Waals surface area contributed by atoms with Crippen molar-refractivity contribution < 1.29 is 4.84 Å². The van der Waals surface area contributed by atoms with E-state index < -0.39 is 10.8 Å². The minimum absolute atomic E-state index is 0.543. The first kappa shape index (κ1) is 14.7. The molecule has 0 saturated carbocycles. The van der Waals surface area contributed by atoms with E-state index in [-0.39, 0.29) is 0 Å². The molecule has 2 heterocycles. The van der Waals surface area contributed by atoms with Gasteiger partial charge in [0.15, 0.2) is 0 Å². The fourth-order valence-corrected chi connectivity index (χ4v) is 3.22. The summed E-state index contributed by atoms with van der Waals surface area (Å²) in [6.45, 7) is 6.60. The molecule has 106 valence electrons. The highest BCUT2D eigenvalue weighted by molar-refractivity contribution is 6.27. The Morgan fingerprint density at radius 2 is 1.95 bits per heavy atom. The SMILES string of the molecule is [B][C@@]1([C@@]2([B])CC(C)=NO2)CCN(Cc2ccc(C)cc2)C1. The molecule has 5 heteroatoms. The zero-order chi connectivity index (χ0) is 15.1. The van der Waals surface area contributed by atoms with Crippen molar-refractivity contribution in [1.29, 1.82) is 0 Å². The van der Waals surface area contributed by atoms with Crippen LogP contribution >= 0.6 is 0 Å². The van der Waals surface area contributed by atoms with Gasteiger partial charge in [-0.15, -0.1) is 0 Å². The fourth-order valence-electron chi connectivity index (χ4n) is 3.22. The number of likely N-dealkylation sites (tertiary alicyclic amines) is 1. The summed E-state index contributed by atoms with van der Waals surface area (Å²) < 4.78 is 0. The molecule has 21 heavy (non-hydrogen) atoms. The van der Waals surface area contributed by atoms with Crippen LogP contribution < -0.4 is 0 Å². The van der Waals surface area contributed by atoms with E-state index in [1.807, 2.05) is 6.92 Å². The largest absolute Gasteiger partial charge is 0.400 e. The van der Waals surface area contributed by atoms with E-state index in [9.17, 15) is 0 Å². The molecule has 3 nitrogen and oxygen atoms in total. The van der Waals surface area contributed by atoms with E-state index in [1.165, 1.54) is 11.1 Å². The Hall–Kier alpha value is -1.22. The van der Waals surface area contributed by atoms with Crippen LogP contribution in [0, 0.1) is 6.92 Å². The van der Waals surface area contributed by atoms with Gasteiger partial charge >= 0.3 is 0 Å². The van der Waals surface area contributed by atoms with Crippen LogP contribution in [0.1, 0.15) is 30.9 Å². The molecule has 2 aliphatic heterocycles. The van der Waals surface area contributed by atoms with E-state index in [0.717, 1.165) is 31.8 Å². The van der Waals surface area contributed by atoms with Gasteiger partial charge in [0.2, 0.25) is 0 Å². The first-order valence-corrected chi connectivity index (χ1v) is 7.48. The predicted molar refractivity (Wildman–Crippen MR) is 86.8 cm³/mol. The molecule has 2 aliphatic rings. The first-order valence-electron chi connectivity index (χ1n) is 7.48. The predicted octanol–water partition coefficient (Wildman–Crippen LogP) is 2.19. The van der Waals surface area contributed by atoms with Crippen molar-refractivity contribution >= 4 is 21.4 Å². The van der Waals surface area contributed by atoms with Crippen LogP contribution in [0.25, 0.3) is 0 Å². The molecule has 0 unspecified atom stereocenters. The van der Waals surface area contributed by atoms with Gasteiger partial charge in [0, 0.05) is 13.0 Å². The molecule has 1 aromatic rings. The summed E-state index contributed by atoms with van der Waals surface area (Å²) in [6.07, 6.45) is 1.44. The molecule has 4 radical (unpaired) electrons. The number of benzene rings is 1. The smallest absolute Gasteiger partial charge is 0.135 e. The normalized spacial score (nSPS) is 33.0. The Balaban J connectivity index is 1.66. The van der Waals surface area contributed by atoms with Crippen molar-refractivity contribution in [1.82, 2.24) is 4.90 Å². The molecule has 0 aliphatic carbocycles. The number of hydrogen-bond donors (Lipinski definition) is 0. The maximum atomic E-state index is 6.56. The second kappa shape index (κ2) is 5.20. The van der Waals surface area contributed by atoms with E-state index in [4.69, 9.17) is 20.5 Å². The summed E-state index contributed by atoms with van der Waals surface area (Å²) in [4.78, 5) is 7.81. The number of nitrogens with zero attached hydrogens (tertiary/aromatic N) is 2. The molecular weight excluding hydrogens is 258 g/mol. The summed E-state index contributed by atoms with van der Waals surface area (Å²) >= 11 is 0. The molecule has 0 bridgehead atoms. The average Bonchev–Trinajstić information content (AvgIpc) is 2.98. The number of aryl methyl sites for hydroxylation is 1. The zero-order valence-corrected chi connectivity index (χ0v) is 12.8. The first-order chi connectivity index (χ1) is 9.90. The highest BCUT2D eigenvalue weighted by Crippen LogP contribution is 2.49. The lowest BCUT2D eigenvalue weighted by atomic mass is 9.49. The molecule has 1 aromatic carbocycles. The maximum absolute atomic E-state index is 6.56. The quantitative estimate of drug-likeness (QED) is 0.792. The van der Waals surface area contributed by atoms with Crippen molar-refractivity contribution in [3.05, 3.63) is 35.4 Å². The van der Waals surface area contributed by atoms with E-state index in [0.29, 0.717) is 6.42 Å². The van der Waals surface area contributed by atoms with Crippen molar-refractivity contribution in [2.24, 2.45) is 5.16 Å². The number of oxime groups is 1. The molecular formula is C16H20B2N2O. The van der Waals surface area contributed by atoms with Crippen LogP contribution in [0.5, 0.6) is 0 Å². The average molecular weight is 278 g/mol. The van der Waals surface area contributed by atoms with Gasteiger partial charge in [0.25, 0.3) is 0 Å². The third-order valence-electron chi connectivity index (χ3n) is 4.63. The monoisotopic (exact) mass is 278 g/mol.